The molecule has 1 N–H and O–H groups in total. The summed E-state index contributed by atoms with van der Waals surface area (Å²) < 4.78 is 5.44. The Kier molecular flexibility index (Phi) is 7.32. The van der Waals surface area contributed by atoms with E-state index in [1.165, 1.54) is 5.56 Å². The Balaban J connectivity index is 1.60. The molecule has 2 aromatic rings. The molecule has 0 radical (unpaired) electrons. The van der Waals surface area contributed by atoms with Crippen molar-refractivity contribution in [3.8, 4) is 10.6 Å². The molecule has 30 heavy (non-hydrogen) atoms. The first-order valence-corrected chi connectivity index (χ1v) is 11.6. The molecule has 6 heteroatoms. The van der Waals surface area contributed by atoms with Crippen LogP contribution in [0.25, 0.3) is 10.6 Å². The molecule has 0 aliphatic carbocycles. The number of morpholine rings is 1. The van der Waals surface area contributed by atoms with Crippen LogP contribution in [0.4, 0.5) is 0 Å². The number of amides is 1. The Bertz CT molecular complexity index is 848. The predicted octanol–water partition coefficient (Wildman–Crippen LogP) is 4.52. The second kappa shape index (κ2) is 9.58. The summed E-state index contributed by atoms with van der Waals surface area (Å²) in [6.45, 7) is 15.3. The van der Waals surface area contributed by atoms with E-state index in [9.17, 15) is 4.79 Å². The molecule has 0 unspecified atom stereocenters. The second-order valence-electron chi connectivity index (χ2n) is 10.1. The van der Waals surface area contributed by atoms with Gasteiger partial charge >= 0.3 is 0 Å². The van der Waals surface area contributed by atoms with E-state index in [1.54, 1.807) is 11.3 Å². The van der Waals surface area contributed by atoms with Crippen molar-refractivity contribution in [2.45, 2.75) is 59.5 Å². The lowest BCUT2D eigenvalue weighted by Crippen LogP contribution is -2.46. The molecule has 2 heterocycles. The smallest absolute Gasteiger partial charge is 0.226 e. The number of rotatable bonds is 7. The zero-order chi connectivity index (χ0) is 21.8. The maximum atomic E-state index is 12.6. The van der Waals surface area contributed by atoms with E-state index >= 15 is 0 Å². The second-order valence-corrected chi connectivity index (χ2v) is 10.9. The lowest BCUT2D eigenvalue weighted by atomic mass is 9.82. The summed E-state index contributed by atoms with van der Waals surface area (Å²) in [6.07, 6.45) is 1.24. The molecule has 0 saturated carbocycles. The summed E-state index contributed by atoms with van der Waals surface area (Å²) in [6, 6.07) is 8.56. The van der Waals surface area contributed by atoms with Crippen LogP contribution in [0.15, 0.2) is 29.6 Å². The third-order valence-corrected chi connectivity index (χ3v) is 5.97. The molecule has 1 fully saturated rings. The molecule has 1 aromatic heterocycles. The average molecular weight is 430 g/mol. The summed E-state index contributed by atoms with van der Waals surface area (Å²) in [4.78, 5) is 19.7. The molecule has 164 valence electrons. The van der Waals surface area contributed by atoms with Gasteiger partial charge in [0.2, 0.25) is 5.91 Å². The van der Waals surface area contributed by atoms with Gasteiger partial charge in [0, 0.05) is 36.1 Å². The molecule has 0 atom stereocenters. The Morgan fingerprint density at radius 2 is 1.93 bits per heavy atom. The van der Waals surface area contributed by atoms with Gasteiger partial charge in [-0.15, -0.1) is 11.3 Å². The molecule has 1 aromatic carbocycles. The fraction of sp³-hybridized carbons (Fsp3) is 0.583. The van der Waals surface area contributed by atoms with Crippen molar-refractivity contribution in [2.24, 2.45) is 5.41 Å². The minimum atomic E-state index is -0.234. The van der Waals surface area contributed by atoms with Gasteiger partial charge in [0.1, 0.15) is 5.01 Å². The third kappa shape index (κ3) is 7.18. The minimum absolute atomic E-state index is 0.0298. The number of nitrogens with one attached hydrogen (secondary N) is 1. The molecule has 1 amide bonds. The molecule has 1 saturated heterocycles. The van der Waals surface area contributed by atoms with Gasteiger partial charge in [-0.05, 0) is 37.3 Å². The quantitative estimate of drug-likeness (QED) is 0.703. The van der Waals surface area contributed by atoms with Gasteiger partial charge in [0.25, 0.3) is 0 Å². The molecular formula is C24H35N3O2S. The van der Waals surface area contributed by atoms with Gasteiger partial charge in [-0.1, -0.05) is 39.0 Å². The normalized spacial score (nSPS) is 15.9. The number of carbonyl (C=O) groups excluding carboxylic acids is 1. The maximum absolute atomic E-state index is 12.6. The highest BCUT2D eigenvalue weighted by Crippen LogP contribution is 2.28. The number of carbonyl (C=O) groups is 1. The monoisotopic (exact) mass is 429 g/mol. The van der Waals surface area contributed by atoms with Crippen molar-refractivity contribution in [2.75, 3.05) is 26.3 Å². The molecule has 0 bridgehead atoms. The third-order valence-electron chi connectivity index (χ3n) is 5.03. The number of nitrogens with zero attached hydrogens (tertiary/aromatic N) is 2. The molecule has 1 aliphatic rings. The van der Waals surface area contributed by atoms with Gasteiger partial charge in [0.05, 0.1) is 25.3 Å². The number of hydrogen-bond acceptors (Lipinski definition) is 5. The Morgan fingerprint density at radius 1 is 1.20 bits per heavy atom. The SMILES string of the molecule is CC(C)(C)CC(C)(C)NC(=O)Cc1csc(-c2cccc(CN3CCOCC3)c2)n1. The van der Waals surface area contributed by atoms with E-state index in [-0.39, 0.29) is 16.9 Å². The van der Waals surface area contributed by atoms with Crippen molar-refractivity contribution in [3.63, 3.8) is 0 Å². The standard InChI is InChI=1S/C24H35N3O2S/c1-23(2,3)17-24(4,5)26-21(28)14-20-16-30-22(25-20)19-8-6-7-18(13-19)15-27-9-11-29-12-10-27/h6-8,13,16H,9-12,14-15,17H2,1-5H3,(H,26,28). The topological polar surface area (TPSA) is 54.5 Å². The fourth-order valence-corrected chi connectivity index (χ4v) is 5.11. The van der Waals surface area contributed by atoms with Crippen LogP contribution in [0.1, 0.15) is 52.3 Å². The average Bonchev–Trinajstić information content (AvgIpc) is 3.08. The van der Waals surface area contributed by atoms with Crippen LogP contribution in [0, 0.1) is 5.41 Å². The fourth-order valence-electron chi connectivity index (χ4n) is 4.30. The predicted molar refractivity (Wildman–Crippen MR) is 124 cm³/mol. The molecule has 3 rings (SSSR count). The largest absolute Gasteiger partial charge is 0.379 e. The van der Waals surface area contributed by atoms with Crippen molar-refractivity contribution >= 4 is 17.2 Å². The molecular weight excluding hydrogens is 394 g/mol. The molecule has 5 nitrogen and oxygen atoms in total. The first-order valence-electron chi connectivity index (χ1n) is 10.7. The van der Waals surface area contributed by atoms with Crippen molar-refractivity contribution < 1.29 is 9.53 Å². The highest BCUT2D eigenvalue weighted by molar-refractivity contribution is 7.13. The van der Waals surface area contributed by atoms with Crippen molar-refractivity contribution in [1.29, 1.82) is 0 Å². The number of thiazole rings is 1. The van der Waals surface area contributed by atoms with E-state index in [0.717, 1.165) is 55.5 Å². The summed E-state index contributed by atoms with van der Waals surface area (Å²) >= 11 is 1.60. The Hall–Kier alpha value is -1.76. The van der Waals surface area contributed by atoms with Gasteiger partial charge in [-0.3, -0.25) is 9.69 Å². The summed E-state index contributed by atoms with van der Waals surface area (Å²) in [5.74, 6) is 0.0298. The van der Waals surface area contributed by atoms with Crippen LogP contribution in [0.5, 0.6) is 0 Å². The first-order chi connectivity index (χ1) is 14.1. The Morgan fingerprint density at radius 3 is 2.63 bits per heavy atom. The Labute approximate surface area is 184 Å². The highest BCUT2D eigenvalue weighted by atomic mass is 32.1. The lowest BCUT2D eigenvalue weighted by Gasteiger charge is -2.33. The summed E-state index contributed by atoms with van der Waals surface area (Å²) in [5.41, 5.74) is 3.16. The van der Waals surface area contributed by atoms with Crippen LogP contribution in [0.3, 0.4) is 0 Å². The van der Waals surface area contributed by atoms with E-state index < -0.39 is 0 Å². The van der Waals surface area contributed by atoms with Gasteiger partial charge in [-0.2, -0.15) is 0 Å². The number of ether oxygens (including phenoxy) is 1. The minimum Gasteiger partial charge on any atom is -0.379 e. The molecule has 0 spiro atoms. The number of aromatic nitrogens is 1. The van der Waals surface area contributed by atoms with E-state index in [4.69, 9.17) is 9.72 Å². The zero-order valence-electron chi connectivity index (χ0n) is 19.0. The maximum Gasteiger partial charge on any atom is 0.226 e. The zero-order valence-corrected chi connectivity index (χ0v) is 19.8. The van der Waals surface area contributed by atoms with Crippen LogP contribution in [-0.4, -0.2) is 47.6 Å². The lowest BCUT2D eigenvalue weighted by molar-refractivity contribution is -0.122. The van der Waals surface area contributed by atoms with Crippen molar-refractivity contribution in [3.05, 3.63) is 40.9 Å². The van der Waals surface area contributed by atoms with Crippen LogP contribution >= 0.6 is 11.3 Å². The number of hydrogen-bond donors (Lipinski definition) is 1. The van der Waals surface area contributed by atoms with Crippen LogP contribution in [0.2, 0.25) is 0 Å². The summed E-state index contributed by atoms with van der Waals surface area (Å²) in [7, 11) is 0. The first kappa shape index (κ1) is 22.9. The highest BCUT2D eigenvalue weighted by Gasteiger charge is 2.27. The summed E-state index contributed by atoms with van der Waals surface area (Å²) in [5, 5.41) is 6.14. The van der Waals surface area contributed by atoms with Crippen LogP contribution < -0.4 is 5.32 Å². The van der Waals surface area contributed by atoms with Gasteiger partial charge < -0.3 is 10.1 Å². The van der Waals surface area contributed by atoms with Gasteiger partial charge in [-0.25, -0.2) is 4.98 Å². The van der Waals surface area contributed by atoms with Crippen LogP contribution in [-0.2, 0) is 22.5 Å². The number of benzene rings is 1. The molecule has 1 aliphatic heterocycles. The van der Waals surface area contributed by atoms with Gasteiger partial charge in [0.15, 0.2) is 0 Å². The van der Waals surface area contributed by atoms with E-state index in [1.807, 2.05) is 5.38 Å². The van der Waals surface area contributed by atoms with Crippen molar-refractivity contribution in [1.82, 2.24) is 15.2 Å². The van der Waals surface area contributed by atoms with E-state index in [2.05, 4.69) is 69.1 Å². The van der Waals surface area contributed by atoms with E-state index in [0.29, 0.717) is 6.42 Å².